The lowest BCUT2D eigenvalue weighted by Crippen LogP contribution is -2.44. The Labute approximate surface area is 162 Å². The summed E-state index contributed by atoms with van der Waals surface area (Å²) in [5, 5.41) is 3.11. The van der Waals surface area contributed by atoms with Gasteiger partial charge in [-0.3, -0.25) is 9.78 Å². The van der Waals surface area contributed by atoms with E-state index in [9.17, 15) is 4.79 Å². The van der Waals surface area contributed by atoms with E-state index in [2.05, 4.69) is 39.5 Å². The van der Waals surface area contributed by atoms with Crippen LogP contribution in [0.25, 0.3) is 11.1 Å². The molecule has 1 saturated heterocycles. The van der Waals surface area contributed by atoms with Crippen LogP contribution in [0.15, 0.2) is 48.8 Å². The fourth-order valence-electron chi connectivity index (χ4n) is 4.33. The Balaban J connectivity index is 1.55. The number of rotatable bonds is 7. The van der Waals surface area contributed by atoms with Crippen LogP contribution in [0.1, 0.15) is 31.7 Å². The lowest BCUT2D eigenvalue weighted by molar-refractivity contribution is -0.130. The minimum atomic E-state index is -0.304. The first-order valence-electron chi connectivity index (χ1n) is 10.2. The van der Waals surface area contributed by atoms with Crippen molar-refractivity contribution in [2.45, 2.75) is 32.6 Å². The molecular formula is C23H29N3O. The molecule has 2 heterocycles. The van der Waals surface area contributed by atoms with Gasteiger partial charge in [0, 0.05) is 32.0 Å². The van der Waals surface area contributed by atoms with E-state index in [0.717, 1.165) is 38.4 Å². The summed E-state index contributed by atoms with van der Waals surface area (Å²) in [7, 11) is 0. The van der Waals surface area contributed by atoms with Crippen LogP contribution in [-0.2, 0) is 11.2 Å². The third kappa shape index (κ3) is 4.22. The van der Waals surface area contributed by atoms with E-state index in [-0.39, 0.29) is 11.3 Å². The van der Waals surface area contributed by atoms with Crippen LogP contribution in [0.5, 0.6) is 0 Å². The van der Waals surface area contributed by atoms with E-state index in [4.69, 9.17) is 0 Å². The first kappa shape index (κ1) is 18.2. The number of amides is 1. The van der Waals surface area contributed by atoms with Crippen molar-refractivity contribution in [3.05, 3.63) is 54.4 Å². The van der Waals surface area contributed by atoms with Gasteiger partial charge in [0.2, 0.25) is 5.91 Å². The van der Waals surface area contributed by atoms with E-state index in [1.165, 1.54) is 29.5 Å². The molecule has 1 aliphatic heterocycles. The number of benzene rings is 1. The maximum absolute atomic E-state index is 13.0. The normalized spacial score (nSPS) is 22.7. The minimum absolute atomic E-state index is 0.220. The van der Waals surface area contributed by atoms with Gasteiger partial charge in [0.25, 0.3) is 0 Å². The highest BCUT2D eigenvalue weighted by Crippen LogP contribution is 2.38. The van der Waals surface area contributed by atoms with Gasteiger partial charge in [-0.1, -0.05) is 24.3 Å². The molecule has 4 heteroatoms. The molecule has 1 saturated carbocycles. The molecular weight excluding hydrogens is 334 g/mol. The topological polar surface area (TPSA) is 45.2 Å². The molecule has 1 unspecified atom stereocenters. The standard InChI is InChI=1S/C23H29N3O/c1-2-25-22(27)23(10-13-26(17-23)16-18-6-7-18)15-19-4-3-5-21(14-19)20-8-11-24-12-9-20/h3-5,8-9,11-12,14,18H,2,6-7,10,13,15-17H2,1H3,(H,25,27). The molecule has 1 aliphatic carbocycles. The predicted molar refractivity (Wildman–Crippen MR) is 108 cm³/mol. The molecule has 2 aliphatic rings. The number of nitrogens with one attached hydrogen (secondary N) is 1. The first-order valence-corrected chi connectivity index (χ1v) is 10.2. The zero-order valence-corrected chi connectivity index (χ0v) is 16.2. The average molecular weight is 364 g/mol. The maximum atomic E-state index is 13.0. The molecule has 4 nitrogen and oxygen atoms in total. The average Bonchev–Trinajstić information content (AvgIpc) is 3.42. The second-order valence-electron chi connectivity index (χ2n) is 8.18. The van der Waals surface area contributed by atoms with Crippen LogP contribution in [-0.4, -0.2) is 42.0 Å². The Kier molecular flexibility index (Phi) is 5.26. The van der Waals surface area contributed by atoms with Gasteiger partial charge >= 0.3 is 0 Å². The number of aromatic nitrogens is 1. The smallest absolute Gasteiger partial charge is 0.227 e. The molecule has 4 rings (SSSR count). The van der Waals surface area contributed by atoms with Crippen molar-refractivity contribution < 1.29 is 4.79 Å². The second-order valence-corrected chi connectivity index (χ2v) is 8.18. The van der Waals surface area contributed by atoms with Gasteiger partial charge < -0.3 is 10.2 Å². The summed E-state index contributed by atoms with van der Waals surface area (Å²) in [6.07, 6.45) is 8.12. The number of hydrogen-bond donors (Lipinski definition) is 1. The molecule has 1 atom stereocenters. The number of hydrogen-bond acceptors (Lipinski definition) is 3. The molecule has 27 heavy (non-hydrogen) atoms. The van der Waals surface area contributed by atoms with Crippen LogP contribution in [0, 0.1) is 11.3 Å². The Morgan fingerprint density at radius 1 is 1.22 bits per heavy atom. The summed E-state index contributed by atoms with van der Waals surface area (Å²) in [6.45, 7) is 5.79. The van der Waals surface area contributed by atoms with Gasteiger partial charge in [-0.05, 0) is 73.9 Å². The summed E-state index contributed by atoms with van der Waals surface area (Å²) in [5.41, 5.74) is 3.29. The lowest BCUT2D eigenvalue weighted by atomic mass is 9.79. The third-order valence-corrected chi connectivity index (χ3v) is 5.95. The van der Waals surface area contributed by atoms with E-state index in [1.807, 2.05) is 31.5 Å². The highest BCUT2D eigenvalue weighted by molar-refractivity contribution is 5.83. The Hall–Kier alpha value is -2.20. The molecule has 1 aromatic carbocycles. The van der Waals surface area contributed by atoms with Crippen LogP contribution >= 0.6 is 0 Å². The number of carbonyl (C=O) groups is 1. The largest absolute Gasteiger partial charge is 0.356 e. The van der Waals surface area contributed by atoms with Gasteiger partial charge in [0.1, 0.15) is 0 Å². The van der Waals surface area contributed by atoms with Crippen molar-refractivity contribution in [1.29, 1.82) is 0 Å². The fourth-order valence-corrected chi connectivity index (χ4v) is 4.33. The van der Waals surface area contributed by atoms with Gasteiger partial charge in [0.15, 0.2) is 0 Å². The van der Waals surface area contributed by atoms with Crippen molar-refractivity contribution in [2.24, 2.45) is 11.3 Å². The molecule has 1 N–H and O–H groups in total. The molecule has 1 aromatic heterocycles. The number of nitrogens with zero attached hydrogens (tertiary/aromatic N) is 2. The lowest BCUT2D eigenvalue weighted by Gasteiger charge is -2.28. The zero-order valence-electron chi connectivity index (χ0n) is 16.2. The Morgan fingerprint density at radius 2 is 2.04 bits per heavy atom. The van der Waals surface area contributed by atoms with E-state index in [0.29, 0.717) is 6.54 Å². The van der Waals surface area contributed by atoms with Crippen molar-refractivity contribution >= 4 is 5.91 Å². The fraction of sp³-hybridized carbons (Fsp3) is 0.478. The van der Waals surface area contributed by atoms with Crippen molar-refractivity contribution in [3.63, 3.8) is 0 Å². The van der Waals surface area contributed by atoms with Crippen LogP contribution in [0.4, 0.5) is 0 Å². The molecule has 2 fully saturated rings. The van der Waals surface area contributed by atoms with Crippen molar-refractivity contribution in [1.82, 2.24) is 15.2 Å². The Morgan fingerprint density at radius 3 is 2.78 bits per heavy atom. The van der Waals surface area contributed by atoms with E-state index >= 15 is 0 Å². The number of carbonyl (C=O) groups excluding carboxylic acids is 1. The molecule has 2 aromatic rings. The van der Waals surface area contributed by atoms with Gasteiger partial charge in [-0.25, -0.2) is 0 Å². The summed E-state index contributed by atoms with van der Waals surface area (Å²) >= 11 is 0. The van der Waals surface area contributed by atoms with E-state index in [1.54, 1.807) is 0 Å². The molecule has 0 spiro atoms. The van der Waals surface area contributed by atoms with Crippen LogP contribution in [0.3, 0.4) is 0 Å². The third-order valence-electron chi connectivity index (χ3n) is 5.95. The SMILES string of the molecule is CCNC(=O)C1(Cc2cccc(-c3ccncc3)c2)CCN(CC2CC2)C1. The van der Waals surface area contributed by atoms with Crippen molar-refractivity contribution in [2.75, 3.05) is 26.2 Å². The zero-order chi connectivity index (χ0) is 18.7. The number of likely N-dealkylation sites (tertiary alicyclic amines) is 1. The first-order chi connectivity index (χ1) is 13.2. The predicted octanol–water partition coefficient (Wildman–Crippen LogP) is 3.53. The molecule has 142 valence electrons. The van der Waals surface area contributed by atoms with E-state index < -0.39 is 0 Å². The summed E-state index contributed by atoms with van der Waals surface area (Å²) in [4.78, 5) is 19.7. The molecule has 0 bridgehead atoms. The highest BCUT2D eigenvalue weighted by Gasteiger charge is 2.45. The van der Waals surface area contributed by atoms with Gasteiger partial charge in [-0.2, -0.15) is 0 Å². The van der Waals surface area contributed by atoms with Crippen molar-refractivity contribution in [3.8, 4) is 11.1 Å². The van der Waals surface area contributed by atoms with Gasteiger partial charge in [0.05, 0.1) is 5.41 Å². The Bertz CT molecular complexity index is 787. The summed E-state index contributed by atoms with van der Waals surface area (Å²) in [6, 6.07) is 12.7. The minimum Gasteiger partial charge on any atom is -0.356 e. The van der Waals surface area contributed by atoms with Crippen LogP contribution in [0.2, 0.25) is 0 Å². The molecule has 0 radical (unpaired) electrons. The number of pyridine rings is 1. The summed E-state index contributed by atoms with van der Waals surface area (Å²) in [5.74, 6) is 1.09. The quantitative estimate of drug-likeness (QED) is 0.818. The van der Waals surface area contributed by atoms with Crippen LogP contribution < -0.4 is 5.32 Å². The summed E-state index contributed by atoms with van der Waals surface area (Å²) < 4.78 is 0. The molecule has 1 amide bonds. The monoisotopic (exact) mass is 363 g/mol. The second kappa shape index (κ2) is 7.81. The van der Waals surface area contributed by atoms with Gasteiger partial charge in [-0.15, -0.1) is 0 Å². The maximum Gasteiger partial charge on any atom is 0.227 e. The highest BCUT2D eigenvalue weighted by atomic mass is 16.2.